The molecule has 0 bridgehead atoms. The Balaban J connectivity index is 1.59. The zero-order valence-corrected chi connectivity index (χ0v) is 24.3. The van der Waals surface area contributed by atoms with E-state index in [4.69, 9.17) is 4.74 Å². The highest BCUT2D eigenvalue weighted by Gasteiger charge is 2.34. The normalized spacial score (nSPS) is 16.2. The van der Waals surface area contributed by atoms with E-state index in [1.807, 2.05) is 55.5 Å². The van der Waals surface area contributed by atoms with E-state index in [0.717, 1.165) is 38.0 Å². The van der Waals surface area contributed by atoms with Gasteiger partial charge in [-0.3, -0.25) is 4.79 Å². The maximum atomic E-state index is 13.5. The first-order chi connectivity index (χ1) is 19.4. The van der Waals surface area contributed by atoms with Gasteiger partial charge in [0.05, 0.1) is 21.9 Å². The first-order valence-electron chi connectivity index (χ1n) is 13.0. The summed E-state index contributed by atoms with van der Waals surface area (Å²) >= 11 is 3.13. The molecule has 1 aliphatic rings. The van der Waals surface area contributed by atoms with E-state index < -0.39 is 5.83 Å². The van der Waals surface area contributed by atoms with E-state index >= 15 is 0 Å². The van der Waals surface area contributed by atoms with Crippen molar-refractivity contribution >= 4 is 34.7 Å². The van der Waals surface area contributed by atoms with Crippen LogP contribution in [0, 0.1) is 0 Å². The fourth-order valence-corrected chi connectivity index (χ4v) is 7.19. The Kier molecular flexibility index (Phi) is 10.4. The summed E-state index contributed by atoms with van der Waals surface area (Å²) in [6, 6.07) is 18.1. The van der Waals surface area contributed by atoms with Crippen molar-refractivity contribution in [3.05, 3.63) is 118 Å². The third kappa shape index (κ3) is 7.52. The van der Waals surface area contributed by atoms with Gasteiger partial charge in [-0.25, -0.2) is 4.39 Å². The predicted molar refractivity (Wildman–Crippen MR) is 163 cm³/mol. The van der Waals surface area contributed by atoms with Gasteiger partial charge in [-0.1, -0.05) is 71.9 Å². The number of benzene rings is 2. The third-order valence-corrected chi connectivity index (χ3v) is 9.32. The van der Waals surface area contributed by atoms with E-state index in [1.54, 1.807) is 24.9 Å². The highest BCUT2D eigenvalue weighted by molar-refractivity contribution is 8.00. The minimum absolute atomic E-state index is 0.0691. The molecule has 3 aromatic rings. The minimum atomic E-state index is -0.500. The lowest BCUT2D eigenvalue weighted by Crippen LogP contribution is -2.26. The molecular weight excluding hydrogens is 543 g/mol. The number of carbonyl (C=O) groups is 1. The van der Waals surface area contributed by atoms with Crippen LogP contribution in [-0.2, 0) is 12.2 Å². The van der Waals surface area contributed by atoms with Gasteiger partial charge in [0.25, 0.3) is 5.91 Å². The molecule has 4 rings (SSSR count). The number of nitrogens with one attached hydrogen (secondary N) is 1. The van der Waals surface area contributed by atoms with Crippen LogP contribution in [-0.4, -0.2) is 30.5 Å². The number of thiophene rings is 1. The Bertz CT molecular complexity index is 1430. The molecule has 0 saturated carbocycles. The summed E-state index contributed by atoms with van der Waals surface area (Å²) in [4.78, 5) is 14.1. The molecule has 1 atom stereocenters. The van der Waals surface area contributed by atoms with Gasteiger partial charge in [0.1, 0.15) is 11.6 Å². The molecule has 1 aliphatic carbocycles. The minimum Gasteiger partial charge on any atom is -0.497 e. The number of carbonyl (C=O) groups excluding carboxylic acids is 1. The molecule has 8 heteroatoms. The lowest BCUT2D eigenvalue weighted by Gasteiger charge is -2.25. The number of halogens is 1. The van der Waals surface area contributed by atoms with Crippen LogP contribution in [0.3, 0.4) is 0 Å². The molecule has 0 saturated heterocycles. The molecule has 1 amide bonds. The highest BCUT2D eigenvalue weighted by Crippen LogP contribution is 2.45. The van der Waals surface area contributed by atoms with Gasteiger partial charge in [0, 0.05) is 24.3 Å². The largest absolute Gasteiger partial charge is 0.497 e. The fraction of sp³-hybridized carbons (Fsp3) is 0.250. The first kappa shape index (κ1) is 29.4. The van der Waals surface area contributed by atoms with E-state index in [1.165, 1.54) is 23.0 Å². The summed E-state index contributed by atoms with van der Waals surface area (Å²) in [5.41, 5.74) is 5.72. The third-order valence-electron chi connectivity index (χ3n) is 6.74. The quantitative estimate of drug-likeness (QED) is 0.105. The van der Waals surface area contributed by atoms with Crippen molar-refractivity contribution in [1.29, 1.82) is 0 Å². The van der Waals surface area contributed by atoms with Crippen LogP contribution in [0.5, 0.6) is 5.75 Å². The zero-order chi connectivity index (χ0) is 28.5. The van der Waals surface area contributed by atoms with Crippen molar-refractivity contribution in [2.75, 3.05) is 13.7 Å². The zero-order valence-electron chi connectivity index (χ0n) is 22.7. The molecule has 2 aromatic carbocycles. The number of hydrogen-bond acceptors (Lipinski definition) is 6. The molecule has 0 spiro atoms. The Morgan fingerprint density at radius 2 is 1.98 bits per heavy atom. The summed E-state index contributed by atoms with van der Waals surface area (Å²) < 4.78 is 19.1. The average Bonchev–Trinajstić information content (AvgIpc) is 3.34. The van der Waals surface area contributed by atoms with Crippen molar-refractivity contribution in [3.8, 4) is 5.75 Å². The van der Waals surface area contributed by atoms with Gasteiger partial charge in [0.15, 0.2) is 0 Å². The van der Waals surface area contributed by atoms with Gasteiger partial charge in [-0.2, -0.15) is 0 Å². The van der Waals surface area contributed by atoms with Crippen molar-refractivity contribution in [2.45, 2.75) is 42.1 Å². The number of thioether (sulfide) groups is 1. The van der Waals surface area contributed by atoms with Crippen LogP contribution >= 0.6 is 23.1 Å². The molecule has 1 aromatic heterocycles. The second-order valence-electron chi connectivity index (χ2n) is 9.60. The average molecular weight is 577 g/mol. The van der Waals surface area contributed by atoms with Crippen molar-refractivity contribution in [2.24, 2.45) is 5.16 Å². The fourth-order valence-electron chi connectivity index (χ4n) is 4.65. The lowest BCUT2D eigenvalue weighted by molar-refractivity contribution is 0.0957. The number of oxime groups is 1. The number of rotatable bonds is 11. The van der Waals surface area contributed by atoms with Gasteiger partial charge < -0.3 is 15.3 Å². The second-order valence-corrected chi connectivity index (χ2v) is 11.9. The number of methoxy groups -OCH3 is 1. The molecule has 2 N–H and O–H groups in total. The maximum Gasteiger partial charge on any atom is 0.261 e. The van der Waals surface area contributed by atoms with Crippen LogP contribution in [0.2, 0.25) is 0 Å². The van der Waals surface area contributed by atoms with Gasteiger partial charge in [-0.05, 0) is 60.6 Å². The van der Waals surface area contributed by atoms with E-state index in [2.05, 4.69) is 29.2 Å². The molecule has 0 radical (unpaired) electrons. The van der Waals surface area contributed by atoms with E-state index in [0.29, 0.717) is 36.4 Å². The monoisotopic (exact) mass is 576 g/mol. The Hall–Kier alpha value is -3.62. The molecule has 40 heavy (non-hydrogen) atoms. The molecule has 5 nitrogen and oxygen atoms in total. The Morgan fingerprint density at radius 1 is 1.23 bits per heavy atom. The molecule has 208 valence electrons. The summed E-state index contributed by atoms with van der Waals surface area (Å²) in [6.45, 7) is 5.60. The molecule has 0 aliphatic heterocycles. The van der Waals surface area contributed by atoms with Crippen molar-refractivity contribution < 1.29 is 19.1 Å². The van der Waals surface area contributed by atoms with E-state index in [-0.39, 0.29) is 11.8 Å². The van der Waals surface area contributed by atoms with Crippen molar-refractivity contribution in [1.82, 2.24) is 5.32 Å². The second kappa shape index (κ2) is 14.1. The van der Waals surface area contributed by atoms with Crippen molar-refractivity contribution in [3.63, 3.8) is 0 Å². The first-order valence-corrected chi connectivity index (χ1v) is 14.8. The molecule has 0 fully saturated rings. The van der Waals surface area contributed by atoms with Gasteiger partial charge in [0.2, 0.25) is 0 Å². The van der Waals surface area contributed by atoms with Crippen LogP contribution < -0.4 is 10.1 Å². The highest BCUT2D eigenvalue weighted by atomic mass is 32.2. The molecular formula is C32H33FN2O3S2. The summed E-state index contributed by atoms with van der Waals surface area (Å²) in [6.07, 6.45) is 6.61. The summed E-state index contributed by atoms with van der Waals surface area (Å²) in [7, 11) is 1.64. The number of ether oxygens (including phenoxy) is 1. The Morgan fingerprint density at radius 3 is 2.65 bits per heavy atom. The van der Waals surface area contributed by atoms with Crippen LogP contribution in [0.25, 0.3) is 0 Å². The summed E-state index contributed by atoms with van der Waals surface area (Å²) in [5.74, 6) is 0.958. The van der Waals surface area contributed by atoms with Gasteiger partial charge >= 0.3 is 0 Å². The SMILES string of the molecule is C=C(F)/C=C\C=C(/C)CCNC(=O)c1sc(SCc2ccccc2)c2c1CC(c1ccc(OC)cc1)C/C2=N\O. The summed E-state index contributed by atoms with van der Waals surface area (Å²) in [5, 5.41) is 16.8. The number of allylic oxidation sites excluding steroid dienone is 4. The number of nitrogens with zero attached hydrogens (tertiary/aromatic N) is 1. The van der Waals surface area contributed by atoms with Gasteiger partial charge in [-0.15, -0.1) is 23.1 Å². The maximum absolute atomic E-state index is 13.5. The Labute approximate surface area is 243 Å². The number of fused-ring (bicyclic) bond motifs is 1. The van der Waals surface area contributed by atoms with E-state index in [9.17, 15) is 14.4 Å². The molecule has 1 unspecified atom stereocenters. The number of amides is 1. The van der Waals surface area contributed by atoms with Crippen LogP contribution in [0.4, 0.5) is 4.39 Å². The molecule has 1 heterocycles. The topological polar surface area (TPSA) is 70.9 Å². The number of hydrogen-bond donors (Lipinski definition) is 2. The lowest BCUT2D eigenvalue weighted by atomic mass is 9.80. The smallest absolute Gasteiger partial charge is 0.261 e. The van der Waals surface area contributed by atoms with Crippen LogP contribution in [0.15, 0.2) is 100 Å². The predicted octanol–water partition coefficient (Wildman–Crippen LogP) is 8.06. The standard InChI is InChI=1S/C32H33FN2O3S2/c1-21(8-7-9-22(2)33)16-17-34-31(36)30-27-18-25(24-12-14-26(38-3)15-13-24)19-28(35-37)29(27)32(40-30)39-20-23-10-5-4-6-11-23/h4-15,25,37H,2,16-20H2,1,3H3,(H,34,36)/b9-7-,21-8+,35-28+. The van der Waals surface area contributed by atoms with Crippen LogP contribution in [0.1, 0.15) is 57.6 Å².